The van der Waals surface area contributed by atoms with Crippen molar-refractivity contribution in [3.63, 3.8) is 0 Å². The molecule has 3 aromatic rings. The zero-order chi connectivity index (χ0) is 18.7. The number of rotatable bonds is 6. The molecular weight excluding hydrogens is 382 g/mol. The van der Waals surface area contributed by atoms with Gasteiger partial charge in [-0.2, -0.15) is 0 Å². The van der Waals surface area contributed by atoms with E-state index in [2.05, 4.69) is 25.0 Å². The van der Waals surface area contributed by atoms with Crippen LogP contribution in [0.25, 0.3) is 0 Å². The Labute approximate surface area is 162 Å². The SMILES string of the molecule is O=S(=O)(N[C@H]1CCc2nc(NCc3cccnc3)ncc2C1)c1cccs1. The molecule has 0 radical (unpaired) electrons. The Morgan fingerprint density at radius 1 is 1.22 bits per heavy atom. The molecule has 0 bridgehead atoms. The summed E-state index contributed by atoms with van der Waals surface area (Å²) in [7, 11) is -3.46. The number of nitrogens with zero attached hydrogens (tertiary/aromatic N) is 3. The normalized spacial score (nSPS) is 16.7. The topological polar surface area (TPSA) is 96.9 Å². The molecule has 3 aromatic heterocycles. The Balaban J connectivity index is 1.40. The molecule has 140 valence electrons. The molecule has 4 rings (SSSR count). The molecule has 1 aliphatic rings. The summed E-state index contributed by atoms with van der Waals surface area (Å²) >= 11 is 1.22. The maximum absolute atomic E-state index is 12.4. The van der Waals surface area contributed by atoms with E-state index in [0.717, 1.165) is 29.7 Å². The number of anilines is 1. The van der Waals surface area contributed by atoms with Crippen LogP contribution in [0, 0.1) is 0 Å². The maximum atomic E-state index is 12.4. The highest BCUT2D eigenvalue weighted by Gasteiger charge is 2.26. The minimum Gasteiger partial charge on any atom is -0.350 e. The molecule has 0 spiro atoms. The molecule has 0 fully saturated rings. The molecular formula is C18H19N5O2S2. The summed E-state index contributed by atoms with van der Waals surface area (Å²) in [5.41, 5.74) is 3.03. The van der Waals surface area contributed by atoms with E-state index < -0.39 is 10.0 Å². The second-order valence-corrected chi connectivity index (χ2v) is 9.26. The van der Waals surface area contributed by atoms with E-state index in [-0.39, 0.29) is 6.04 Å². The summed E-state index contributed by atoms with van der Waals surface area (Å²) in [4.78, 5) is 13.0. The predicted molar refractivity (Wildman–Crippen MR) is 104 cm³/mol. The molecule has 1 atom stereocenters. The van der Waals surface area contributed by atoms with Crippen LogP contribution in [0.3, 0.4) is 0 Å². The fourth-order valence-electron chi connectivity index (χ4n) is 3.07. The van der Waals surface area contributed by atoms with Crippen LogP contribution in [0.15, 0.2) is 52.4 Å². The summed E-state index contributed by atoms with van der Waals surface area (Å²) in [5, 5.41) is 4.97. The number of hydrogen-bond acceptors (Lipinski definition) is 7. The van der Waals surface area contributed by atoms with Crippen molar-refractivity contribution in [2.24, 2.45) is 0 Å². The summed E-state index contributed by atoms with van der Waals surface area (Å²) in [6.07, 6.45) is 7.37. The van der Waals surface area contributed by atoms with Crippen molar-refractivity contribution in [2.45, 2.75) is 36.1 Å². The van der Waals surface area contributed by atoms with Gasteiger partial charge in [0.05, 0.1) is 0 Å². The molecule has 27 heavy (non-hydrogen) atoms. The summed E-state index contributed by atoms with van der Waals surface area (Å²) in [5.74, 6) is 0.579. The van der Waals surface area contributed by atoms with Gasteiger partial charge in [-0.25, -0.2) is 23.1 Å². The minimum atomic E-state index is -3.46. The van der Waals surface area contributed by atoms with E-state index in [4.69, 9.17) is 0 Å². The number of aryl methyl sites for hydroxylation is 1. The fraction of sp³-hybridized carbons (Fsp3) is 0.278. The van der Waals surface area contributed by atoms with Crippen LogP contribution in [-0.4, -0.2) is 29.4 Å². The van der Waals surface area contributed by atoms with Gasteiger partial charge in [-0.05, 0) is 47.9 Å². The van der Waals surface area contributed by atoms with Crippen molar-refractivity contribution >= 4 is 27.3 Å². The molecule has 0 amide bonds. The first-order chi connectivity index (χ1) is 13.1. The van der Waals surface area contributed by atoms with Gasteiger partial charge in [0.15, 0.2) is 0 Å². The van der Waals surface area contributed by atoms with E-state index in [0.29, 0.717) is 23.1 Å². The van der Waals surface area contributed by atoms with Crippen LogP contribution >= 0.6 is 11.3 Å². The lowest BCUT2D eigenvalue weighted by molar-refractivity contribution is 0.502. The lowest BCUT2D eigenvalue weighted by atomic mass is 9.94. The zero-order valence-electron chi connectivity index (χ0n) is 14.5. The van der Waals surface area contributed by atoms with Crippen molar-refractivity contribution in [1.29, 1.82) is 0 Å². The van der Waals surface area contributed by atoms with Crippen molar-refractivity contribution in [2.75, 3.05) is 5.32 Å². The maximum Gasteiger partial charge on any atom is 0.250 e. The molecule has 1 aliphatic carbocycles. The average Bonchev–Trinajstić information content (AvgIpc) is 3.23. The molecule has 9 heteroatoms. The van der Waals surface area contributed by atoms with Gasteiger partial charge in [-0.15, -0.1) is 11.3 Å². The molecule has 0 saturated heterocycles. The Hall–Kier alpha value is -2.36. The number of pyridine rings is 1. The first kappa shape index (κ1) is 18.0. The fourth-order valence-corrected chi connectivity index (χ4v) is 5.35. The van der Waals surface area contributed by atoms with E-state index in [9.17, 15) is 8.42 Å². The van der Waals surface area contributed by atoms with Gasteiger partial charge in [0.25, 0.3) is 0 Å². The molecule has 7 nitrogen and oxygen atoms in total. The van der Waals surface area contributed by atoms with E-state index >= 15 is 0 Å². The van der Waals surface area contributed by atoms with E-state index in [1.54, 1.807) is 36.1 Å². The van der Waals surface area contributed by atoms with Gasteiger partial charge in [0, 0.05) is 36.9 Å². The minimum absolute atomic E-state index is 0.137. The largest absolute Gasteiger partial charge is 0.350 e. The van der Waals surface area contributed by atoms with E-state index in [1.807, 2.05) is 12.1 Å². The third kappa shape index (κ3) is 4.32. The van der Waals surface area contributed by atoms with Crippen LogP contribution in [-0.2, 0) is 29.4 Å². The number of hydrogen-bond donors (Lipinski definition) is 2. The summed E-state index contributed by atoms with van der Waals surface area (Å²) in [6, 6.07) is 7.10. The molecule has 0 aromatic carbocycles. The highest BCUT2D eigenvalue weighted by atomic mass is 32.2. The third-order valence-electron chi connectivity index (χ3n) is 4.41. The van der Waals surface area contributed by atoms with Crippen LogP contribution in [0.4, 0.5) is 5.95 Å². The summed E-state index contributed by atoms with van der Waals surface area (Å²) in [6.45, 7) is 0.607. The molecule has 3 heterocycles. The van der Waals surface area contributed by atoms with Crippen molar-refractivity contribution in [3.05, 3.63) is 65.1 Å². The molecule has 0 saturated carbocycles. The van der Waals surface area contributed by atoms with Crippen LogP contribution in [0.2, 0.25) is 0 Å². The molecule has 0 unspecified atom stereocenters. The zero-order valence-corrected chi connectivity index (χ0v) is 16.1. The Kier molecular flexibility index (Phi) is 5.15. The Morgan fingerprint density at radius 3 is 2.93 bits per heavy atom. The highest BCUT2D eigenvalue weighted by Crippen LogP contribution is 2.23. The standard InChI is InChI=1S/C18H19N5O2S2/c24-27(25,17-4-2-8-26-17)23-15-5-6-16-14(9-15)12-21-18(22-16)20-11-13-3-1-7-19-10-13/h1-4,7-8,10,12,15,23H,5-6,9,11H2,(H,20,21,22)/t15-/m0/s1. The van der Waals surface area contributed by atoms with Gasteiger partial charge >= 0.3 is 0 Å². The first-order valence-corrected chi connectivity index (χ1v) is 11.0. The smallest absolute Gasteiger partial charge is 0.250 e. The summed E-state index contributed by atoms with van der Waals surface area (Å²) < 4.78 is 28.0. The van der Waals surface area contributed by atoms with Crippen LogP contribution in [0.1, 0.15) is 23.2 Å². The second kappa shape index (κ2) is 7.71. The number of sulfonamides is 1. The molecule has 2 N–H and O–H groups in total. The quantitative estimate of drug-likeness (QED) is 0.658. The van der Waals surface area contributed by atoms with Gasteiger partial charge in [0.2, 0.25) is 16.0 Å². The van der Waals surface area contributed by atoms with Crippen molar-refractivity contribution in [3.8, 4) is 0 Å². The van der Waals surface area contributed by atoms with Crippen LogP contribution < -0.4 is 10.0 Å². The monoisotopic (exact) mass is 401 g/mol. The van der Waals surface area contributed by atoms with Gasteiger partial charge < -0.3 is 5.32 Å². The Morgan fingerprint density at radius 2 is 2.15 bits per heavy atom. The second-order valence-electron chi connectivity index (χ2n) is 6.37. The van der Waals surface area contributed by atoms with Crippen molar-refractivity contribution in [1.82, 2.24) is 19.7 Å². The lowest BCUT2D eigenvalue weighted by Gasteiger charge is -2.24. The lowest BCUT2D eigenvalue weighted by Crippen LogP contribution is -2.38. The van der Waals surface area contributed by atoms with Crippen molar-refractivity contribution < 1.29 is 8.42 Å². The Bertz CT molecular complexity index is 1010. The van der Waals surface area contributed by atoms with E-state index in [1.165, 1.54) is 11.3 Å². The number of thiophene rings is 1. The molecule has 0 aliphatic heterocycles. The number of aromatic nitrogens is 3. The number of nitrogens with one attached hydrogen (secondary N) is 2. The van der Waals surface area contributed by atoms with Crippen LogP contribution in [0.5, 0.6) is 0 Å². The predicted octanol–water partition coefficient (Wildman–Crippen LogP) is 2.38. The van der Waals surface area contributed by atoms with Gasteiger partial charge in [-0.3, -0.25) is 4.98 Å². The van der Waals surface area contributed by atoms with Gasteiger partial charge in [0.1, 0.15) is 4.21 Å². The third-order valence-corrected chi connectivity index (χ3v) is 7.32. The van der Waals surface area contributed by atoms with Gasteiger partial charge in [-0.1, -0.05) is 12.1 Å². The highest BCUT2D eigenvalue weighted by molar-refractivity contribution is 7.91. The first-order valence-electron chi connectivity index (χ1n) is 8.63. The number of fused-ring (bicyclic) bond motifs is 1. The average molecular weight is 402 g/mol.